The van der Waals surface area contributed by atoms with Crippen molar-refractivity contribution in [2.75, 3.05) is 0 Å². The van der Waals surface area contributed by atoms with Crippen molar-refractivity contribution in [3.05, 3.63) is 52.2 Å². The van der Waals surface area contributed by atoms with Gasteiger partial charge >= 0.3 is 0 Å². The molecule has 2 rings (SSSR count). The van der Waals surface area contributed by atoms with E-state index in [0.29, 0.717) is 6.61 Å². The van der Waals surface area contributed by atoms with Gasteiger partial charge in [-0.1, -0.05) is 25.1 Å². The van der Waals surface area contributed by atoms with Crippen LogP contribution in [0, 0.1) is 0 Å². The molecule has 1 N–H and O–H groups in total. The molecule has 1 amide bonds. The van der Waals surface area contributed by atoms with Crippen LogP contribution < -0.4 is 10.1 Å². The molecule has 1 aromatic heterocycles. The van der Waals surface area contributed by atoms with Gasteiger partial charge in [0.15, 0.2) is 0 Å². The second-order valence-electron chi connectivity index (χ2n) is 4.70. The van der Waals surface area contributed by atoms with Gasteiger partial charge in [0.25, 0.3) is 5.91 Å². The lowest BCUT2D eigenvalue weighted by Crippen LogP contribution is -2.31. The number of carbonyl (C=O) groups is 1. The number of rotatable bonds is 6. The van der Waals surface area contributed by atoms with E-state index in [0.717, 1.165) is 22.6 Å². The molecule has 0 saturated carbocycles. The molecular weight excluding hydrogens is 270 g/mol. The summed E-state index contributed by atoms with van der Waals surface area (Å²) >= 11 is 1.45. The lowest BCUT2D eigenvalue weighted by atomic mass is 10.2. The van der Waals surface area contributed by atoms with Crippen molar-refractivity contribution in [2.45, 2.75) is 32.9 Å². The Balaban J connectivity index is 1.90. The molecule has 0 bridgehead atoms. The first-order chi connectivity index (χ1) is 9.69. The maximum atomic E-state index is 12.0. The number of amides is 1. The van der Waals surface area contributed by atoms with Crippen LogP contribution in [0.1, 0.15) is 35.5 Å². The van der Waals surface area contributed by atoms with Gasteiger partial charge in [-0.2, -0.15) is 0 Å². The van der Waals surface area contributed by atoms with Crippen LogP contribution in [-0.2, 0) is 6.61 Å². The maximum absolute atomic E-state index is 12.0. The van der Waals surface area contributed by atoms with Crippen LogP contribution in [0.15, 0.2) is 41.8 Å². The van der Waals surface area contributed by atoms with E-state index in [4.69, 9.17) is 4.74 Å². The van der Waals surface area contributed by atoms with Crippen molar-refractivity contribution >= 4 is 17.2 Å². The highest BCUT2D eigenvalue weighted by molar-refractivity contribution is 7.12. The lowest BCUT2D eigenvalue weighted by Gasteiger charge is -2.09. The molecule has 1 atom stereocenters. The Bertz CT molecular complexity index is 551. The molecule has 1 aromatic carbocycles. The van der Waals surface area contributed by atoms with Crippen molar-refractivity contribution in [3.63, 3.8) is 0 Å². The van der Waals surface area contributed by atoms with Crippen LogP contribution in [0.4, 0.5) is 0 Å². The van der Waals surface area contributed by atoms with Gasteiger partial charge in [0, 0.05) is 11.6 Å². The smallest absolute Gasteiger partial charge is 0.261 e. The van der Waals surface area contributed by atoms with E-state index in [1.807, 2.05) is 48.7 Å². The average molecular weight is 289 g/mol. The fourth-order valence-electron chi connectivity index (χ4n) is 1.65. The van der Waals surface area contributed by atoms with Crippen LogP contribution in [0.5, 0.6) is 5.75 Å². The highest BCUT2D eigenvalue weighted by atomic mass is 32.1. The molecule has 0 aliphatic heterocycles. The van der Waals surface area contributed by atoms with Crippen molar-refractivity contribution in [1.29, 1.82) is 0 Å². The van der Waals surface area contributed by atoms with Crippen molar-refractivity contribution in [2.24, 2.45) is 0 Å². The molecule has 0 radical (unpaired) electrons. The summed E-state index contributed by atoms with van der Waals surface area (Å²) in [5.41, 5.74) is 1.02. The minimum atomic E-state index is -0.00434. The molecular formula is C16H19NO2S. The van der Waals surface area contributed by atoms with Gasteiger partial charge in [0.05, 0.1) is 4.88 Å². The number of ether oxygens (including phenoxy) is 1. The van der Waals surface area contributed by atoms with Crippen molar-refractivity contribution < 1.29 is 9.53 Å². The fraction of sp³-hybridized carbons (Fsp3) is 0.312. The van der Waals surface area contributed by atoms with E-state index >= 15 is 0 Å². The highest BCUT2D eigenvalue weighted by Crippen LogP contribution is 2.17. The normalized spacial score (nSPS) is 11.9. The van der Waals surface area contributed by atoms with Crippen LogP contribution in [-0.4, -0.2) is 11.9 Å². The van der Waals surface area contributed by atoms with E-state index in [2.05, 4.69) is 12.2 Å². The topological polar surface area (TPSA) is 38.3 Å². The molecule has 4 heteroatoms. The zero-order valence-corrected chi connectivity index (χ0v) is 12.6. The Labute approximate surface area is 123 Å². The maximum Gasteiger partial charge on any atom is 0.261 e. The van der Waals surface area contributed by atoms with E-state index < -0.39 is 0 Å². The second-order valence-corrected chi connectivity index (χ2v) is 5.61. The predicted octanol–water partition coefficient (Wildman–Crippen LogP) is 3.86. The number of hydrogen-bond acceptors (Lipinski definition) is 3. The Hall–Kier alpha value is -1.81. The number of thiophene rings is 1. The molecule has 0 saturated heterocycles. The molecule has 0 spiro atoms. The van der Waals surface area contributed by atoms with E-state index in [1.165, 1.54) is 11.3 Å². The third-order valence-electron chi connectivity index (χ3n) is 3.02. The van der Waals surface area contributed by atoms with Crippen LogP contribution in [0.2, 0.25) is 0 Å². The van der Waals surface area contributed by atoms with Gasteiger partial charge in [-0.3, -0.25) is 4.79 Å². The molecule has 1 heterocycles. The van der Waals surface area contributed by atoms with Gasteiger partial charge in [0.2, 0.25) is 0 Å². The van der Waals surface area contributed by atoms with Crippen LogP contribution >= 0.6 is 11.3 Å². The largest absolute Gasteiger partial charge is 0.489 e. The van der Waals surface area contributed by atoms with Crippen LogP contribution in [0.3, 0.4) is 0 Å². The summed E-state index contributed by atoms with van der Waals surface area (Å²) in [7, 11) is 0. The van der Waals surface area contributed by atoms with E-state index in [-0.39, 0.29) is 11.9 Å². The minimum absolute atomic E-state index is 0.00434. The summed E-state index contributed by atoms with van der Waals surface area (Å²) in [4.78, 5) is 12.7. The zero-order chi connectivity index (χ0) is 14.4. The first-order valence-corrected chi connectivity index (χ1v) is 7.63. The van der Waals surface area contributed by atoms with E-state index in [1.54, 1.807) is 0 Å². The summed E-state index contributed by atoms with van der Waals surface area (Å²) in [6.07, 6.45) is 0.932. The monoisotopic (exact) mass is 289 g/mol. The molecule has 106 valence electrons. The lowest BCUT2D eigenvalue weighted by molar-refractivity contribution is 0.0943. The first kappa shape index (κ1) is 14.6. The molecule has 0 fully saturated rings. The Morgan fingerprint density at radius 3 is 2.80 bits per heavy atom. The highest BCUT2D eigenvalue weighted by Gasteiger charge is 2.11. The molecule has 20 heavy (non-hydrogen) atoms. The van der Waals surface area contributed by atoms with Gasteiger partial charge < -0.3 is 10.1 Å². The summed E-state index contributed by atoms with van der Waals surface area (Å²) in [6.45, 7) is 4.54. The third kappa shape index (κ3) is 4.10. The SMILES string of the molecule is CCC(C)NC(=O)c1cc(COc2ccccc2)cs1. The summed E-state index contributed by atoms with van der Waals surface area (Å²) < 4.78 is 5.66. The van der Waals surface area contributed by atoms with Gasteiger partial charge in [0.1, 0.15) is 12.4 Å². The summed E-state index contributed by atoms with van der Waals surface area (Å²) in [6, 6.07) is 11.8. The second kappa shape index (κ2) is 7.10. The Morgan fingerprint density at radius 1 is 1.35 bits per heavy atom. The van der Waals surface area contributed by atoms with Crippen molar-refractivity contribution in [3.8, 4) is 5.75 Å². The van der Waals surface area contributed by atoms with E-state index in [9.17, 15) is 4.79 Å². The Morgan fingerprint density at radius 2 is 2.10 bits per heavy atom. The fourth-order valence-corrected chi connectivity index (χ4v) is 2.45. The molecule has 3 nitrogen and oxygen atoms in total. The number of para-hydroxylation sites is 1. The van der Waals surface area contributed by atoms with Gasteiger partial charge in [-0.25, -0.2) is 0 Å². The van der Waals surface area contributed by atoms with Gasteiger partial charge in [-0.05, 0) is 36.9 Å². The predicted molar refractivity (Wildman–Crippen MR) is 82.3 cm³/mol. The summed E-state index contributed by atoms with van der Waals surface area (Å²) in [5, 5.41) is 4.93. The first-order valence-electron chi connectivity index (χ1n) is 6.75. The quantitative estimate of drug-likeness (QED) is 0.877. The zero-order valence-electron chi connectivity index (χ0n) is 11.8. The van der Waals surface area contributed by atoms with Crippen molar-refractivity contribution in [1.82, 2.24) is 5.32 Å². The number of carbonyl (C=O) groups excluding carboxylic acids is 1. The minimum Gasteiger partial charge on any atom is -0.489 e. The summed E-state index contributed by atoms with van der Waals surface area (Å²) in [5.74, 6) is 0.833. The third-order valence-corrected chi connectivity index (χ3v) is 3.99. The molecule has 1 unspecified atom stereocenters. The molecule has 0 aliphatic rings. The number of nitrogens with one attached hydrogen (secondary N) is 1. The number of hydrogen-bond donors (Lipinski definition) is 1. The average Bonchev–Trinajstić information content (AvgIpc) is 2.95. The van der Waals surface area contributed by atoms with Crippen LogP contribution in [0.25, 0.3) is 0 Å². The molecule has 0 aliphatic carbocycles. The standard InChI is InChI=1S/C16H19NO2S/c1-3-12(2)17-16(18)15-9-13(11-20-15)10-19-14-7-5-4-6-8-14/h4-9,11-12H,3,10H2,1-2H3,(H,17,18). The Kier molecular flexibility index (Phi) is 5.18. The molecule has 2 aromatic rings. The number of benzene rings is 1. The van der Waals surface area contributed by atoms with Gasteiger partial charge in [-0.15, -0.1) is 11.3 Å².